The Morgan fingerprint density at radius 2 is 2.10 bits per heavy atom. The van der Waals surface area contributed by atoms with Crippen LogP contribution in [0.1, 0.15) is 15.9 Å². The summed E-state index contributed by atoms with van der Waals surface area (Å²) in [6, 6.07) is 7.69. The molecule has 0 unspecified atom stereocenters. The Kier molecular flexibility index (Phi) is 4.68. The molecule has 1 aromatic heterocycles. The van der Waals surface area contributed by atoms with Gasteiger partial charge in [-0.2, -0.15) is 4.98 Å². The minimum absolute atomic E-state index is 0.233. The van der Waals surface area contributed by atoms with Crippen molar-refractivity contribution in [1.82, 2.24) is 9.97 Å². The maximum Gasteiger partial charge on any atom is 0.254 e. The smallest absolute Gasteiger partial charge is 0.254 e. The molecule has 1 amide bonds. The van der Waals surface area contributed by atoms with E-state index in [4.69, 9.17) is 11.5 Å². The first kappa shape index (κ1) is 14.7. The molecule has 0 aliphatic carbocycles. The molecular weight excluding hydrogens is 268 g/mol. The van der Waals surface area contributed by atoms with Crippen molar-refractivity contribution in [3.63, 3.8) is 0 Å². The molecule has 0 saturated carbocycles. The average Bonchev–Trinajstić information content (AvgIpc) is 2.47. The number of carbonyl (C=O) groups is 1. The molecule has 2 aromatic rings. The number of nitrogens with two attached hydrogens (primary N) is 2. The molecular formula is C14H18N6O. The summed E-state index contributed by atoms with van der Waals surface area (Å²) in [5.74, 6) is 0.171. The van der Waals surface area contributed by atoms with Crippen molar-refractivity contribution in [3.8, 4) is 0 Å². The summed E-state index contributed by atoms with van der Waals surface area (Å²) >= 11 is 0. The highest BCUT2D eigenvalue weighted by Gasteiger charge is 2.13. The lowest BCUT2D eigenvalue weighted by Gasteiger charge is -2.12. The largest absolute Gasteiger partial charge is 0.365 e. The monoisotopic (exact) mass is 286 g/mol. The van der Waals surface area contributed by atoms with Crippen LogP contribution in [-0.4, -0.2) is 29.0 Å². The molecule has 1 heterocycles. The first-order chi connectivity index (χ1) is 10.1. The standard InChI is InChI=1S/C14H18N6O/c1-9-4-2-3-5-11(9)19-13-10(12(16)21)8-18-14(20-13)17-7-6-15/h2-5,8H,6-7,15H2,1H3,(H2,16,21)(H2,17,18,19,20). The van der Waals surface area contributed by atoms with Gasteiger partial charge in [-0.25, -0.2) is 4.98 Å². The number of anilines is 3. The first-order valence-electron chi connectivity index (χ1n) is 6.55. The topological polar surface area (TPSA) is 119 Å². The van der Waals surface area contributed by atoms with Crippen molar-refractivity contribution in [3.05, 3.63) is 41.6 Å². The first-order valence-corrected chi connectivity index (χ1v) is 6.55. The molecule has 0 aliphatic rings. The fourth-order valence-corrected chi connectivity index (χ4v) is 1.77. The maximum absolute atomic E-state index is 11.5. The Morgan fingerprint density at radius 1 is 1.33 bits per heavy atom. The third-order valence-corrected chi connectivity index (χ3v) is 2.88. The Bertz CT molecular complexity index is 643. The number of hydrogen-bond donors (Lipinski definition) is 4. The fraction of sp³-hybridized carbons (Fsp3) is 0.214. The summed E-state index contributed by atoms with van der Waals surface area (Å²) < 4.78 is 0. The van der Waals surface area contributed by atoms with Gasteiger partial charge in [-0.05, 0) is 18.6 Å². The zero-order chi connectivity index (χ0) is 15.2. The SMILES string of the molecule is Cc1ccccc1Nc1nc(NCCN)ncc1C(N)=O. The molecule has 0 aliphatic heterocycles. The molecule has 110 valence electrons. The van der Waals surface area contributed by atoms with Gasteiger partial charge in [0.15, 0.2) is 0 Å². The Hall–Kier alpha value is -2.67. The molecule has 0 atom stereocenters. The highest BCUT2D eigenvalue weighted by molar-refractivity contribution is 5.98. The van der Waals surface area contributed by atoms with Crippen molar-refractivity contribution < 1.29 is 4.79 Å². The number of benzene rings is 1. The number of nitrogens with one attached hydrogen (secondary N) is 2. The molecule has 0 fully saturated rings. The second-order valence-electron chi connectivity index (χ2n) is 4.48. The van der Waals surface area contributed by atoms with E-state index in [0.29, 0.717) is 24.9 Å². The molecule has 7 heteroatoms. The van der Waals surface area contributed by atoms with Gasteiger partial charge in [0.2, 0.25) is 5.95 Å². The van der Waals surface area contributed by atoms with Gasteiger partial charge in [0.25, 0.3) is 5.91 Å². The lowest BCUT2D eigenvalue weighted by Crippen LogP contribution is -2.18. The maximum atomic E-state index is 11.5. The van der Waals surface area contributed by atoms with Crippen LogP contribution in [0.3, 0.4) is 0 Å². The van der Waals surface area contributed by atoms with E-state index in [0.717, 1.165) is 11.3 Å². The quantitative estimate of drug-likeness (QED) is 0.629. The highest BCUT2D eigenvalue weighted by atomic mass is 16.1. The molecule has 1 aromatic carbocycles. The number of primary amides is 1. The van der Waals surface area contributed by atoms with Crippen LogP contribution in [0.25, 0.3) is 0 Å². The highest BCUT2D eigenvalue weighted by Crippen LogP contribution is 2.22. The molecule has 0 radical (unpaired) electrons. The molecule has 0 bridgehead atoms. The molecule has 7 nitrogen and oxygen atoms in total. The molecule has 0 saturated heterocycles. The number of para-hydroxylation sites is 1. The molecule has 2 rings (SSSR count). The number of amides is 1. The average molecular weight is 286 g/mol. The van der Waals surface area contributed by atoms with Crippen molar-refractivity contribution in [2.45, 2.75) is 6.92 Å². The van der Waals surface area contributed by atoms with Gasteiger partial charge in [0, 0.05) is 25.0 Å². The number of aromatic nitrogens is 2. The van der Waals surface area contributed by atoms with Gasteiger partial charge in [0.05, 0.1) is 0 Å². The van der Waals surface area contributed by atoms with Crippen LogP contribution in [0, 0.1) is 6.92 Å². The summed E-state index contributed by atoms with van der Waals surface area (Å²) in [7, 11) is 0. The van der Waals surface area contributed by atoms with E-state index in [-0.39, 0.29) is 5.56 Å². The summed E-state index contributed by atoms with van der Waals surface area (Å²) in [6.45, 7) is 2.96. The van der Waals surface area contributed by atoms with Gasteiger partial charge >= 0.3 is 0 Å². The van der Waals surface area contributed by atoms with E-state index in [1.807, 2.05) is 31.2 Å². The van der Waals surface area contributed by atoms with Crippen LogP contribution in [0.2, 0.25) is 0 Å². The minimum atomic E-state index is -0.587. The van der Waals surface area contributed by atoms with E-state index in [9.17, 15) is 4.79 Å². The molecule has 21 heavy (non-hydrogen) atoms. The van der Waals surface area contributed by atoms with Gasteiger partial charge < -0.3 is 22.1 Å². The minimum Gasteiger partial charge on any atom is -0.365 e. The summed E-state index contributed by atoms with van der Waals surface area (Å²) in [5, 5.41) is 6.08. The van der Waals surface area contributed by atoms with Crippen molar-refractivity contribution in [2.75, 3.05) is 23.7 Å². The van der Waals surface area contributed by atoms with E-state index in [2.05, 4.69) is 20.6 Å². The van der Waals surface area contributed by atoms with Gasteiger partial charge in [-0.15, -0.1) is 0 Å². The van der Waals surface area contributed by atoms with Crippen LogP contribution < -0.4 is 22.1 Å². The number of aryl methyl sites for hydroxylation is 1. The third-order valence-electron chi connectivity index (χ3n) is 2.88. The number of hydrogen-bond acceptors (Lipinski definition) is 6. The predicted molar refractivity (Wildman–Crippen MR) is 82.6 cm³/mol. The lowest BCUT2D eigenvalue weighted by atomic mass is 10.2. The van der Waals surface area contributed by atoms with E-state index in [1.54, 1.807) is 0 Å². The Morgan fingerprint density at radius 3 is 2.76 bits per heavy atom. The number of nitrogens with zero attached hydrogens (tertiary/aromatic N) is 2. The molecule has 0 spiro atoms. The summed E-state index contributed by atoms with van der Waals surface area (Å²) in [6.07, 6.45) is 1.40. The van der Waals surface area contributed by atoms with E-state index >= 15 is 0 Å². The van der Waals surface area contributed by atoms with E-state index < -0.39 is 5.91 Å². The normalized spacial score (nSPS) is 10.2. The fourth-order valence-electron chi connectivity index (χ4n) is 1.77. The van der Waals surface area contributed by atoms with Crippen LogP contribution in [0.15, 0.2) is 30.5 Å². The van der Waals surface area contributed by atoms with Crippen molar-refractivity contribution >= 4 is 23.4 Å². The van der Waals surface area contributed by atoms with Crippen LogP contribution in [0.4, 0.5) is 17.5 Å². The predicted octanol–water partition coefficient (Wildman–Crippen LogP) is 0.998. The van der Waals surface area contributed by atoms with Gasteiger partial charge in [-0.1, -0.05) is 18.2 Å². The Labute approximate surface area is 122 Å². The Balaban J connectivity index is 2.34. The van der Waals surface area contributed by atoms with Gasteiger partial charge in [-0.3, -0.25) is 4.79 Å². The zero-order valence-corrected chi connectivity index (χ0v) is 11.8. The van der Waals surface area contributed by atoms with Crippen molar-refractivity contribution in [2.24, 2.45) is 11.5 Å². The third kappa shape index (κ3) is 3.67. The number of carbonyl (C=O) groups excluding carboxylic acids is 1. The van der Waals surface area contributed by atoms with Gasteiger partial charge in [0.1, 0.15) is 11.4 Å². The van der Waals surface area contributed by atoms with Crippen LogP contribution in [0.5, 0.6) is 0 Å². The summed E-state index contributed by atoms with van der Waals surface area (Å²) in [4.78, 5) is 19.8. The zero-order valence-electron chi connectivity index (χ0n) is 11.8. The second-order valence-corrected chi connectivity index (χ2v) is 4.48. The van der Waals surface area contributed by atoms with Crippen LogP contribution in [-0.2, 0) is 0 Å². The van der Waals surface area contributed by atoms with Crippen molar-refractivity contribution in [1.29, 1.82) is 0 Å². The second kappa shape index (κ2) is 6.67. The number of rotatable bonds is 6. The van der Waals surface area contributed by atoms with Crippen LogP contribution >= 0.6 is 0 Å². The van der Waals surface area contributed by atoms with E-state index in [1.165, 1.54) is 6.20 Å². The lowest BCUT2D eigenvalue weighted by molar-refractivity contribution is 0.100. The molecule has 6 N–H and O–H groups in total. The summed E-state index contributed by atoms with van der Waals surface area (Å²) in [5.41, 5.74) is 12.9.